The molecule has 2 unspecified atom stereocenters. The average Bonchev–Trinajstić information content (AvgIpc) is 2.22. The second-order valence-corrected chi connectivity index (χ2v) is 3.98. The van der Waals surface area contributed by atoms with Gasteiger partial charge >= 0.3 is 18.6 Å². The second kappa shape index (κ2) is 11.1. The van der Waals surface area contributed by atoms with Crippen LogP contribution >= 0.6 is 11.8 Å². The second-order valence-electron chi connectivity index (χ2n) is 2.91. The van der Waals surface area contributed by atoms with Crippen LogP contribution in [0.25, 0.3) is 0 Å². The van der Waals surface area contributed by atoms with Gasteiger partial charge in [0.2, 0.25) is 0 Å². The molecule has 0 aromatic heterocycles. The Balaban J connectivity index is 0. The molecule has 108 valence electrons. The summed E-state index contributed by atoms with van der Waals surface area (Å²) in [7, 11) is 1.54. The third-order valence-corrected chi connectivity index (χ3v) is 2.71. The SMILES string of the molecule is CNC(CSCC(N)C(=O)O)C(=O)O.FC(F)F. The molecular weight excluding hydrogens is 277 g/mol. The quantitative estimate of drug-likeness (QED) is 0.521. The van der Waals surface area contributed by atoms with Gasteiger partial charge in [-0.05, 0) is 7.05 Å². The topological polar surface area (TPSA) is 113 Å². The van der Waals surface area contributed by atoms with Gasteiger partial charge < -0.3 is 21.3 Å². The fourth-order valence-corrected chi connectivity index (χ4v) is 1.74. The maximum atomic E-state index is 10.5. The minimum atomic E-state index is -3.67. The van der Waals surface area contributed by atoms with Crippen molar-refractivity contribution in [1.29, 1.82) is 0 Å². The predicted octanol–water partition coefficient (Wildman–Crippen LogP) is -0.0174. The van der Waals surface area contributed by atoms with Crippen molar-refractivity contribution in [3.63, 3.8) is 0 Å². The highest BCUT2D eigenvalue weighted by atomic mass is 32.2. The Labute approximate surface area is 106 Å². The smallest absolute Gasteiger partial charge is 0.379 e. The van der Waals surface area contributed by atoms with Crippen LogP contribution in [0.5, 0.6) is 0 Å². The Hall–Kier alpha value is -1.00. The molecule has 5 N–H and O–H groups in total. The Morgan fingerprint density at radius 2 is 1.67 bits per heavy atom. The van der Waals surface area contributed by atoms with Crippen LogP contribution in [0.3, 0.4) is 0 Å². The van der Waals surface area contributed by atoms with E-state index in [1.807, 2.05) is 0 Å². The average molecular weight is 292 g/mol. The van der Waals surface area contributed by atoms with Gasteiger partial charge in [-0.15, -0.1) is 0 Å². The first-order chi connectivity index (χ1) is 8.22. The van der Waals surface area contributed by atoms with Crippen molar-refractivity contribution in [1.82, 2.24) is 5.32 Å². The number of alkyl halides is 3. The highest BCUT2D eigenvalue weighted by Crippen LogP contribution is 2.04. The number of nitrogens with two attached hydrogens (primary N) is 1. The minimum absolute atomic E-state index is 0.209. The molecule has 18 heavy (non-hydrogen) atoms. The predicted molar refractivity (Wildman–Crippen MR) is 60.5 cm³/mol. The molecule has 0 aromatic carbocycles. The lowest BCUT2D eigenvalue weighted by molar-refractivity contribution is -0.139. The number of likely N-dealkylation sites (N-methyl/N-ethyl adjacent to an activating group) is 1. The minimum Gasteiger partial charge on any atom is -0.480 e. The summed E-state index contributed by atoms with van der Waals surface area (Å²) >= 11 is 1.20. The Bertz CT molecular complexity index is 256. The number of hydrogen-bond donors (Lipinski definition) is 4. The lowest BCUT2D eigenvalue weighted by atomic mass is 10.3. The van der Waals surface area contributed by atoms with E-state index >= 15 is 0 Å². The summed E-state index contributed by atoms with van der Waals surface area (Å²) in [5, 5.41) is 19.7. The van der Waals surface area contributed by atoms with Crippen LogP contribution in [0.15, 0.2) is 0 Å². The molecule has 0 radical (unpaired) electrons. The largest absolute Gasteiger partial charge is 0.480 e. The van der Waals surface area contributed by atoms with Crippen molar-refractivity contribution in [3.05, 3.63) is 0 Å². The summed E-state index contributed by atoms with van der Waals surface area (Å²) in [6.45, 7) is -3.67. The molecular formula is C8H15F3N2O4S. The lowest BCUT2D eigenvalue weighted by Crippen LogP contribution is -2.38. The van der Waals surface area contributed by atoms with Gasteiger partial charge in [-0.3, -0.25) is 9.59 Å². The molecule has 0 spiro atoms. The van der Waals surface area contributed by atoms with Crippen LogP contribution in [0.2, 0.25) is 0 Å². The van der Waals surface area contributed by atoms with Gasteiger partial charge in [0.05, 0.1) is 0 Å². The van der Waals surface area contributed by atoms with Crippen LogP contribution in [-0.4, -0.2) is 59.5 Å². The fraction of sp³-hybridized carbons (Fsp3) is 0.750. The molecule has 0 aliphatic carbocycles. The maximum Gasteiger partial charge on any atom is 0.379 e. The van der Waals surface area contributed by atoms with Crippen LogP contribution in [0, 0.1) is 0 Å². The number of thioether (sulfide) groups is 1. The van der Waals surface area contributed by atoms with Gasteiger partial charge in [0.1, 0.15) is 12.1 Å². The number of halogens is 3. The number of carboxylic acids is 2. The van der Waals surface area contributed by atoms with Gasteiger partial charge in [0.25, 0.3) is 0 Å². The number of nitrogens with one attached hydrogen (secondary N) is 1. The zero-order chi connectivity index (χ0) is 14.7. The summed E-state index contributed by atoms with van der Waals surface area (Å²) in [5.41, 5.74) is 5.23. The number of carboxylic acid groups (broad SMARTS) is 2. The third kappa shape index (κ3) is 13.1. The molecule has 0 rings (SSSR count). The van der Waals surface area contributed by atoms with E-state index in [1.54, 1.807) is 0 Å². The number of rotatable bonds is 7. The van der Waals surface area contributed by atoms with Gasteiger partial charge in [-0.2, -0.15) is 24.9 Å². The van der Waals surface area contributed by atoms with E-state index in [9.17, 15) is 22.8 Å². The third-order valence-electron chi connectivity index (χ3n) is 1.55. The highest BCUT2D eigenvalue weighted by Gasteiger charge is 2.17. The zero-order valence-corrected chi connectivity index (χ0v) is 10.3. The first-order valence-electron chi connectivity index (χ1n) is 4.60. The standard InChI is InChI=1S/C7H14N2O4S.CHF3/c1-9-5(7(12)13)3-14-2-4(8)6(10)11;2-1(3)4/h4-5,9H,2-3,8H2,1H3,(H,10,11)(H,12,13);1H. The Morgan fingerprint density at radius 3 is 1.94 bits per heavy atom. The molecule has 10 heteroatoms. The molecule has 0 heterocycles. The van der Waals surface area contributed by atoms with E-state index in [0.717, 1.165) is 0 Å². The number of carbonyl (C=O) groups is 2. The van der Waals surface area contributed by atoms with E-state index < -0.39 is 30.7 Å². The summed E-state index contributed by atoms with van der Waals surface area (Å²) < 4.78 is 29.0. The van der Waals surface area contributed by atoms with Gasteiger partial charge in [0.15, 0.2) is 0 Å². The number of hydrogen-bond acceptors (Lipinski definition) is 5. The van der Waals surface area contributed by atoms with Crippen molar-refractivity contribution in [2.45, 2.75) is 18.8 Å². The van der Waals surface area contributed by atoms with Crippen molar-refractivity contribution >= 4 is 23.7 Å². The molecule has 0 bridgehead atoms. The highest BCUT2D eigenvalue weighted by molar-refractivity contribution is 7.99. The maximum absolute atomic E-state index is 10.5. The molecule has 0 saturated heterocycles. The summed E-state index contributed by atoms with van der Waals surface area (Å²) in [6, 6.07) is -1.60. The first-order valence-corrected chi connectivity index (χ1v) is 5.76. The van der Waals surface area contributed by atoms with Gasteiger partial charge in [-0.25, -0.2) is 0 Å². The van der Waals surface area contributed by atoms with Crippen LogP contribution in [-0.2, 0) is 9.59 Å². The van der Waals surface area contributed by atoms with E-state index in [0.29, 0.717) is 5.75 Å². The fourth-order valence-electron chi connectivity index (χ4n) is 0.662. The van der Waals surface area contributed by atoms with Gasteiger partial charge in [0, 0.05) is 11.5 Å². The zero-order valence-electron chi connectivity index (χ0n) is 9.48. The molecule has 6 nitrogen and oxygen atoms in total. The molecule has 0 aromatic rings. The summed E-state index contributed by atoms with van der Waals surface area (Å²) in [5.74, 6) is -1.52. The van der Waals surface area contributed by atoms with E-state index in [2.05, 4.69) is 5.32 Å². The Kier molecular flexibility index (Phi) is 11.9. The van der Waals surface area contributed by atoms with Gasteiger partial charge in [-0.1, -0.05) is 0 Å². The monoisotopic (exact) mass is 292 g/mol. The van der Waals surface area contributed by atoms with Crippen molar-refractivity contribution in [2.75, 3.05) is 18.6 Å². The van der Waals surface area contributed by atoms with Crippen molar-refractivity contribution < 1.29 is 33.0 Å². The number of aliphatic carboxylic acids is 2. The molecule has 0 aliphatic heterocycles. The van der Waals surface area contributed by atoms with Crippen molar-refractivity contribution in [3.8, 4) is 0 Å². The van der Waals surface area contributed by atoms with Crippen LogP contribution in [0.4, 0.5) is 13.2 Å². The molecule has 0 aliphatic rings. The molecule has 0 saturated carbocycles. The molecule has 2 atom stereocenters. The van der Waals surface area contributed by atoms with E-state index in [-0.39, 0.29) is 5.75 Å². The van der Waals surface area contributed by atoms with Crippen LogP contribution < -0.4 is 11.1 Å². The lowest BCUT2D eigenvalue weighted by Gasteiger charge is -2.11. The first kappa shape index (κ1) is 19.3. The summed E-state index contributed by atoms with van der Waals surface area (Å²) in [6.07, 6.45) is 0. The van der Waals surface area contributed by atoms with Crippen molar-refractivity contribution in [2.24, 2.45) is 5.73 Å². The molecule has 0 fully saturated rings. The Morgan fingerprint density at radius 1 is 1.22 bits per heavy atom. The van der Waals surface area contributed by atoms with Crippen LogP contribution in [0.1, 0.15) is 0 Å². The van der Waals surface area contributed by atoms with E-state index in [1.165, 1.54) is 18.8 Å². The normalized spacial score (nSPS) is 13.4. The van der Waals surface area contributed by atoms with E-state index in [4.69, 9.17) is 15.9 Å². The molecule has 0 amide bonds. The summed E-state index contributed by atoms with van der Waals surface area (Å²) in [4.78, 5) is 20.8.